The van der Waals surface area contributed by atoms with Crippen LogP contribution in [0, 0.1) is 6.92 Å². The highest BCUT2D eigenvalue weighted by atomic mass is 79.9. The molecule has 0 atom stereocenters. The summed E-state index contributed by atoms with van der Waals surface area (Å²) in [6.07, 6.45) is 1.51. The van der Waals surface area contributed by atoms with Gasteiger partial charge in [0.2, 0.25) is 0 Å². The number of sulfonamides is 1. The molecule has 0 saturated heterocycles. The van der Waals surface area contributed by atoms with Crippen LogP contribution in [0.3, 0.4) is 0 Å². The van der Waals surface area contributed by atoms with E-state index in [9.17, 15) is 8.42 Å². The first kappa shape index (κ1) is 16.7. The largest absolute Gasteiger partial charge is 0.264 e. The van der Waals surface area contributed by atoms with Crippen molar-refractivity contribution in [3.63, 3.8) is 0 Å². The molecule has 0 saturated carbocycles. The third-order valence-corrected chi connectivity index (χ3v) is 5.35. The second kappa shape index (κ2) is 6.74. The minimum Gasteiger partial charge on any atom is -0.246 e. The molecular weight excluding hydrogens is 392 g/mol. The van der Waals surface area contributed by atoms with Crippen LogP contribution in [0.4, 0.5) is 5.95 Å². The molecule has 0 aliphatic heterocycles. The zero-order valence-electron chi connectivity index (χ0n) is 12.8. The summed E-state index contributed by atoms with van der Waals surface area (Å²) in [5.41, 5.74) is 2.25. The van der Waals surface area contributed by atoms with Crippen molar-refractivity contribution in [1.29, 1.82) is 0 Å². The number of nitrogens with one attached hydrogen (secondary N) is 1. The van der Waals surface area contributed by atoms with Gasteiger partial charge in [-0.05, 0) is 42.3 Å². The second-order valence-corrected chi connectivity index (χ2v) is 7.85. The van der Waals surface area contributed by atoms with Crippen molar-refractivity contribution < 1.29 is 8.42 Å². The molecule has 0 aliphatic rings. The van der Waals surface area contributed by atoms with E-state index in [-0.39, 0.29) is 10.8 Å². The van der Waals surface area contributed by atoms with E-state index in [1.165, 1.54) is 18.5 Å². The summed E-state index contributed by atoms with van der Waals surface area (Å²) in [6, 6.07) is 14.3. The van der Waals surface area contributed by atoms with Gasteiger partial charge in [0.1, 0.15) is 6.33 Å². The molecule has 24 heavy (non-hydrogen) atoms. The first-order valence-electron chi connectivity index (χ1n) is 7.16. The molecule has 124 valence electrons. The van der Waals surface area contributed by atoms with Crippen LogP contribution in [0.2, 0.25) is 0 Å². The number of nitrogens with zero attached hydrogens (tertiary/aromatic N) is 3. The molecule has 0 bridgehead atoms. The van der Waals surface area contributed by atoms with Gasteiger partial charge in [-0.1, -0.05) is 40.2 Å². The lowest BCUT2D eigenvalue weighted by Gasteiger charge is -2.05. The van der Waals surface area contributed by atoms with Crippen molar-refractivity contribution in [2.24, 2.45) is 0 Å². The molecule has 0 fully saturated rings. The lowest BCUT2D eigenvalue weighted by atomic mass is 10.1. The Hall–Kier alpha value is -2.19. The zero-order valence-corrected chi connectivity index (χ0v) is 15.3. The highest BCUT2D eigenvalue weighted by molar-refractivity contribution is 9.10. The molecule has 0 spiro atoms. The molecule has 1 N–H and O–H groups in total. The Morgan fingerprint density at radius 2 is 1.83 bits per heavy atom. The predicted molar refractivity (Wildman–Crippen MR) is 95.3 cm³/mol. The molecule has 2 aromatic carbocycles. The third-order valence-electron chi connectivity index (χ3n) is 3.48. The summed E-state index contributed by atoms with van der Waals surface area (Å²) in [5, 5.41) is 4.18. The van der Waals surface area contributed by atoms with Crippen molar-refractivity contribution >= 4 is 31.9 Å². The predicted octanol–water partition coefficient (Wildman–Crippen LogP) is 3.20. The van der Waals surface area contributed by atoms with E-state index in [2.05, 4.69) is 30.7 Å². The fourth-order valence-electron chi connectivity index (χ4n) is 2.17. The monoisotopic (exact) mass is 406 g/mol. The van der Waals surface area contributed by atoms with Crippen LogP contribution in [0.1, 0.15) is 11.1 Å². The van der Waals surface area contributed by atoms with Crippen molar-refractivity contribution in [2.45, 2.75) is 18.4 Å². The lowest BCUT2D eigenvalue weighted by Crippen LogP contribution is -2.14. The fraction of sp³-hybridized carbons (Fsp3) is 0.125. The van der Waals surface area contributed by atoms with Crippen molar-refractivity contribution in [2.75, 3.05) is 4.72 Å². The Morgan fingerprint density at radius 1 is 1.12 bits per heavy atom. The molecule has 1 aromatic heterocycles. The van der Waals surface area contributed by atoms with Crippen LogP contribution >= 0.6 is 15.9 Å². The van der Waals surface area contributed by atoms with Gasteiger partial charge in [0.25, 0.3) is 16.0 Å². The van der Waals surface area contributed by atoms with Gasteiger partial charge in [-0.25, -0.2) is 17.8 Å². The molecule has 0 aliphatic carbocycles. The van der Waals surface area contributed by atoms with Crippen molar-refractivity contribution in [3.05, 3.63) is 70.5 Å². The van der Waals surface area contributed by atoms with Gasteiger partial charge in [-0.3, -0.25) is 0 Å². The average Bonchev–Trinajstić information content (AvgIpc) is 2.96. The number of halogens is 1. The topological polar surface area (TPSA) is 76.9 Å². The molecule has 3 aromatic rings. The van der Waals surface area contributed by atoms with Crippen LogP contribution in [-0.4, -0.2) is 23.2 Å². The van der Waals surface area contributed by atoms with Crippen LogP contribution in [-0.2, 0) is 16.6 Å². The van der Waals surface area contributed by atoms with Gasteiger partial charge < -0.3 is 0 Å². The quantitative estimate of drug-likeness (QED) is 0.705. The van der Waals surface area contributed by atoms with Crippen molar-refractivity contribution in [1.82, 2.24) is 14.8 Å². The van der Waals surface area contributed by atoms with E-state index in [0.29, 0.717) is 6.54 Å². The Bertz CT molecular complexity index is 952. The SMILES string of the molecule is Cc1ccccc1Cn1cnc(NS(=O)(=O)c2ccc(Br)cc2)n1. The molecular formula is C16H15BrN4O2S. The molecule has 0 radical (unpaired) electrons. The van der Waals surface area contributed by atoms with E-state index in [4.69, 9.17) is 0 Å². The maximum Gasteiger partial charge on any atom is 0.264 e. The first-order chi connectivity index (χ1) is 11.4. The summed E-state index contributed by atoms with van der Waals surface area (Å²) in [7, 11) is -3.71. The molecule has 3 rings (SSSR count). The molecule has 0 unspecified atom stereocenters. The maximum atomic E-state index is 12.3. The van der Waals surface area contributed by atoms with Crippen LogP contribution in [0.5, 0.6) is 0 Å². The Kier molecular flexibility index (Phi) is 4.68. The number of anilines is 1. The Balaban J connectivity index is 1.76. The number of rotatable bonds is 5. The van der Waals surface area contributed by atoms with Crippen LogP contribution in [0.25, 0.3) is 0 Å². The maximum absolute atomic E-state index is 12.3. The third kappa shape index (κ3) is 3.82. The normalized spacial score (nSPS) is 11.4. The standard InChI is InChI=1S/C16H15BrN4O2S/c1-12-4-2-3-5-13(12)10-21-11-18-16(19-21)20-24(22,23)15-8-6-14(17)7-9-15/h2-9,11H,10H2,1H3,(H,19,20). The van der Waals surface area contributed by atoms with Gasteiger partial charge in [-0.15, -0.1) is 5.10 Å². The van der Waals surface area contributed by atoms with Gasteiger partial charge >= 0.3 is 0 Å². The van der Waals surface area contributed by atoms with Crippen molar-refractivity contribution in [3.8, 4) is 0 Å². The second-order valence-electron chi connectivity index (χ2n) is 5.25. The number of hydrogen-bond donors (Lipinski definition) is 1. The summed E-state index contributed by atoms with van der Waals surface area (Å²) >= 11 is 3.28. The Morgan fingerprint density at radius 3 is 2.54 bits per heavy atom. The van der Waals surface area contributed by atoms with Gasteiger partial charge in [-0.2, -0.15) is 4.98 Å². The van der Waals surface area contributed by atoms with E-state index in [1.54, 1.807) is 16.8 Å². The van der Waals surface area contributed by atoms with Gasteiger partial charge in [0.05, 0.1) is 11.4 Å². The summed E-state index contributed by atoms with van der Waals surface area (Å²) in [6.45, 7) is 2.54. The van der Waals surface area contributed by atoms with E-state index < -0.39 is 10.0 Å². The smallest absolute Gasteiger partial charge is 0.246 e. The van der Waals surface area contributed by atoms with E-state index in [1.807, 2.05) is 31.2 Å². The minimum atomic E-state index is -3.71. The average molecular weight is 407 g/mol. The molecule has 8 heteroatoms. The lowest BCUT2D eigenvalue weighted by molar-refractivity contribution is 0.600. The highest BCUT2D eigenvalue weighted by Crippen LogP contribution is 2.17. The molecule has 0 amide bonds. The van der Waals surface area contributed by atoms with E-state index >= 15 is 0 Å². The number of benzene rings is 2. The van der Waals surface area contributed by atoms with Gasteiger partial charge in [0, 0.05) is 4.47 Å². The summed E-state index contributed by atoms with van der Waals surface area (Å²) in [5.74, 6) is 0.0477. The summed E-state index contributed by atoms with van der Waals surface area (Å²) in [4.78, 5) is 4.18. The van der Waals surface area contributed by atoms with Crippen LogP contribution < -0.4 is 4.72 Å². The zero-order chi connectivity index (χ0) is 17.2. The van der Waals surface area contributed by atoms with Crippen LogP contribution in [0.15, 0.2) is 64.2 Å². The molecule has 6 nitrogen and oxygen atoms in total. The van der Waals surface area contributed by atoms with Gasteiger partial charge in [0.15, 0.2) is 0 Å². The number of aromatic nitrogens is 3. The number of hydrogen-bond acceptors (Lipinski definition) is 4. The molecule has 1 heterocycles. The highest BCUT2D eigenvalue weighted by Gasteiger charge is 2.16. The fourth-order valence-corrected chi connectivity index (χ4v) is 3.38. The summed E-state index contributed by atoms with van der Waals surface area (Å²) < 4.78 is 29.4. The first-order valence-corrected chi connectivity index (χ1v) is 9.44. The van der Waals surface area contributed by atoms with E-state index in [0.717, 1.165) is 15.6 Å². The Labute approximate surface area is 148 Å². The minimum absolute atomic E-state index is 0.0477. The number of aryl methyl sites for hydroxylation is 1.